The van der Waals surface area contributed by atoms with Gasteiger partial charge in [0, 0.05) is 38.0 Å². The molecule has 28 heavy (non-hydrogen) atoms. The quantitative estimate of drug-likeness (QED) is 0.791. The van der Waals surface area contributed by atoms with Crippen LogP contribution < -0.4 is 10.6 Å². The predicted molar refractivity (Wildman–Crippen MR) is 110 cm³/mol. The topological polar surface area (TPSA) is 61.4 Å². The van der Waals surface area contributed by atoms with Crippen molar-refractivity contribution in [3.8, 4) is 0 Å². The molecule has 0 aromatic heterocycles. The second-order valence-corrected chi connectivity index (χ2v) is 8.99. The van der Waals surface area contributed by atoms with Crippen LogP contribution in [0, 0.1) is 17.3 Å². The second kappa shape index (κ2) is 8.54. The van der Waals surface area contributed by atoms with Crippen LogP contribution in [-0.2, 0) is 11.2 Å². The molecule has 2 saturated carbocycles. The van der Waals surface area contributed by atoms with Crippen LogP contribution in [0.25, 0.3) is 0 Å². The van der Waals surface area contributed by atoms with E-state index in [0.29, 0.717) is 12.5 Å². The molecule has 4 rings (SSSR count). The SMILES string of the molecule is O=C(NCC1CN(C(=O)NCCc2ccccc2)CC12CCCCC2)C1CC1. The van der Waals surface area contributed by atoms with E-state index in [1.165, 1.54) is 37.7 Å². The average Bonchev–Trinajstić information content (AvgIpc) is 3.52. The van der Waals surface area contributed by atoms with E-state index >= 15 is 0 Å². The highest BCUT2D eigenvalue weighted by Crippen LogP contribution is 2.47. The minimum absolute atomic E-state index is 0.0527. The number of carbonyl (C=O) groups excluding carboxylic acids is 2. The first-order valence-electron chi connectivity index (χ1n) is 11.0. The molecule has 1 heterocycles. The number of amides is 3. The molecule has 0 bridgehead atoms. The van der Waals surface area contributed by atoms with Gasteiger partial charge in [-0.1, -0.05) is 49.6 Å². The van der Waals surface area contributed by atoms with Crippen molar-refractivity contribution < 1.29 is 9.59 Å². The molecule has 152 valence electrons. The summed E-state index contributed by atoms with van der Waals surface area (Å²) in [6, 6.07) is 10.3. The number of rotatable bonds is 6. The Balaban J connectivity index is 1.32. The van der Waals surface area contributed by atoms with Gasteiger partial charge in [0.05, 0.1) is 0 Å². The Labute approximate surface area is 168 Å². The van der Waals surface area contributed by atoms with Gasteiger partial charge in [0.15, 0.2) is 0 Å². The summed E-state index contributed by atoms with van der Waals surface area (Å²) in [5.41, 5.74) is 1.44. The standard InChI is InChI=1S/C23H33N3O2/c27-21(19-9-10-19)25-15-20-16-26(17-23(20)12-5-2-6-13-23)22(28)24-14-11-18-7-3-1-4-8-18/h1,3-4,7-8,19-20H,2,5-6,9-17H2,(H,24,28)(H,25,27). The minimum Gasteiger partial charge on any atom is -0.355 e. The number of nitrogens with one attached hydrogen (secondary N) is 2. The number of nitrogens with zero attached hydrogens (tertiary/aromatic N) is 1. The number of carbonyl (C=O) groups is 2. The van der Waals surface area contributed by atoms with E-state index in [-0.39, 0.29) is 23.3 Å². The number of hydrogen-bond donors (Lipinski definition) is 2. The lowest BCUT2D eigenvalue weighted by Crippen LogP contribution is -2.41. The van der Waals surface area contributed by atoms with Gasteiger partial charge in [-0.2, -0.15) is 0 Å². The van der Waals surface area contributed by atoms with Gasteiger partial charge in [-0.25, -0.2) is 4.79 Å². The van der Waals surface area contributed by atoms with Crippen molar-refractivity contribution in [2.45, 2.75) is 51.4 Å². The Morgan fingerprint density at radius 3 is 2.50 bits per heavy atom. The molecule has 1 aliphatic heterocycles. The molecule has 3 fully saturated rings. The fraction of sp³-hybridized carbons (Fsp3) is 0.652. The van der Waals surface area contributed by atoms with E-state index in [2.05, 4.69) is 22.8 Å². The fourth-order valence-corrected chi connectivity index (χ4v) is 5.08. The van der Waals surface area contributed by atoms with Crippen LogP contribution >= 0.6 is 0 Å². The highest BCUT2D eigenvalue weighted by molar-refractivity contribution is 5.80. The van der Waals surface area contributed by atoms with Gasteiger partial charge in [0.2, 0.25) is 5.91 Å². The molecule has 1 saturated heterocycles. The van der Waals surface area contributed by atoms with Gasteiger partial charge in [-0.3, -0.25) is 4.79 Å². The van der Waals surface area contributed by atoms with E-state index in [4.69, 9.17) is 0 Å². The molecule has 1 aromatic carbocycles. The molecule has 1 aromatic rings. The maximum absolute atomic E-state index is 12.8. The smallest absolute Gasteiger partial charge is 0.317 e. The van der Waals surface area contributed by atoms with E-state index in [1.807, 2.05) is 23.1 Å². The maximum atomic E-state index is 12.8. The first-order chi connectivity index (χ1) is 13.7. The van der Waals surface area contributed by atoms with Crippen LogP contribution in [0.4, 0.5) is 4.79 Å². The van der Waals surface area contributed by atoms with Crippen LogP contribution in [0.3, 0.4) is 0 Å². The zero-order valence-corrected chi connectivity index (χ0v) is 16.8. The maximum Gasteiger partial charge on any atom is 0.317 e. The molecular formula is C23H33N3O2. The molecule has 0 radical (unpaired) electrons. The average molecular weight is 384 g/mol. The molecule has 5 nitrogen and oxygen atoms in total. The van der Waals surface area contributed by atoms with Crippen molar-refractivity contribution in [1.29, 1.82) is 0 Å². The Morgan fingerprint density at radius 2 is 1.79 bits per heavy atom. The van der Waals surface area contributed by atoms with Crippen LogP contribution in [0.2, 0.25) is 0 Å². The summed E-state index contributed by atoms with van der Waals surface area (Å²) in [6.07, 6.45) is 9.09. The molecule has 3 amide bonds. The summed E-state index contributed by atoms with van der Waals surface area (Å²) in [5, 5.41) is 6.29. The van der Waals surface area contributed by atoms with Gasteiger partial charge in [-0.15, -0.1) is 0 Å². The third kappa shape index (κ3) is 4.50. The highest BCUT2D eigenvalue weighted by Gasteiger charge is 2.48. The molecule has 3 aliphatic rings. The Morgan fingerprint density at radius 1 is 1.04 bits per heavy atom. The van der Waals surface area contributed by atoms with Crippen LogP contribution in [0.15, 0.2) is 30.3 Å². The van der Waals surface area contributed by atoms with Gasteiger partial charge in [-0.05, 0) is 43.1 Å². The molecule has 1 unspecified atom stereocenters. The lowest BCUT2D eigenvalue weighted by atomic mass is 9.67. The zero-order valence-electron chi connectivity index (χ0n) is 16.8. The summed E-state index contributed by atoms with van der Waals surface area (Å²) in [4.78, 5) is 26.9. The predicted octanol–water partition coefficient (Wildman–Crippen LogP) is 3.35. The summed E-state index contributed by atoms with van der Waals surface area (Å²) in [7, 11) is 0. The van der Waals surface area contributed by atoms with Gasteiger partial charge in [0.25, 0.3) is 0 Å². The Bertz CT molecular complexity index is 680. The van der Waals surface area contributed by atoms with Crippen molar-refractivity contribution >= 4 is 11.9 Å². The lowest BCUT2D eigenvalue weighted by molar-refractivity contribution is -0.122. The van der Waals surface area contributed by atoms with Crippen molar-refractivity contribution in [2.24, 2.45) is 17.3 Å². The van der Waals surface area contributed by atoms with Crippen molar-refractivity contribution in [1.82, 2.24) is 15.5 Å². The van der Waals surface area contributed by atoms with Crippen molar-refractivity contribution in [3.05, 3.63) is 35.9 Å². The summed E-state index contributed by atoms with van der Waals surface area (Å²) in [5.74, 6) is 0.855. The normalized spacial score (nSPS) is 23.6. The van der Waals surface area contributed by atoms with E-state index in [9.17, 15) is 9.59 Å². The largest absolute Gasteiger partial charge is 0.355 e. The number of likely N-dealkylation sites (tertiary alicyclic amines) is 1. The van der Waals surface area contributed by atoms with Gasteiger partial charge >= 0.3 is 6.03 Å². The van der Waals surface area contributed by atoms with Crippen LogP contribution in [0.1, 0.15) is 50.5 Å². The number of benzene rings is 1. The molecule has 1 spiro atoms. The molecule has 2 N–H and O–H groups in total. The molecule has 5 heteroatoms. The molecule has 1 atom stereocenters. The fourth-order valence-electron chi connectivity index (χ4n) is 5.08. The number of urea groups is 1. The number of hydrogen-bond acceptors (Lipinski definition) is 2. The Hall–Kier alpha value is -2.04. The third-order valence-electron chi connectivity index (χ3n) is 6.95. The summed E-state index contributed by atoms with van der Waals surface area (Å²) < 4.78 is 0. The third-order valence-corrected chi connectivity index (χ3v) is 6.95. The van der Waals surface area contributed by atoms with E-state index in [0.717, 1.165) is 38.9 Å². The van der Waals surface area contributed by atoms with E-state index < -0.39 is 0 Å². The minimum atomic E-state index is 0.0527. The zero-order chi connectivity index (χ0) is 19.4. The van der Waals surface area contributed by atoms with Crippen LogP contribution in [0.5, 0.6) is 0 Å². The lowest BCUT2D eigenvalue weighted by Gasteiger charge is -2.38. The van der Waals surface area contributed by atoms with E-state index in [1.54, 1.807) is 0 Å². The monoisotopic (exact) mass is 383 g/mol. The first kappa shape index (κ1) is 19.3. The second-order valence-electron chi connectivity index (χ2n) is 8.99. The highest BCUT2D eigenvalue weighted by atomic mass is 16.2. The summed E-state index contributed by atoms with van der Waals surface area (Å²) in [6.45, 7) is 2.99. The molecular weight excluding hydrogens is 350 g/mol. The Kier molecular flexibility index (Phi) is 5.88. The van der Waals surface area contributed by atoms with Crippen molar-refractivity contribution in [3.63, 3.8) is 0 Å². The first-order valence-corrected chi connectivity index (χ1v) is 11.0. The van der Waals surface area contributed by atoms with Crippen LogP contribution in [-0.4, -0.2) is 43.0 Å². The van der Waals surface area contributed by atoms with Gasteiger partial charge < -0.3 is 15.5 Å². The van der Waals surface area contributed by atoms with Gasteiger partial charge in [0.1, 0.15) is 0 Å². The van der Waals surface area contributed by atoms with Crippen molar-refractivity contribution in [2.75, 3.05) is 26.2 Å². The summed E-state index contributed by atoms with van der Waals surface area (Å²) >= 11 is 0. The molecule has 2 aliphatic carbocycles.